The van der Waals surface area contributed by atoms with Crippen LogP contribution in [0, 0.1) is 0 Å². The highest BCUT2D eigenvalue weighted by Gasteiger charge is 2.16. The van der Waals surface area contributed by atoms with Crippen molar-refractivity contribution in [1.82, 2.24) is 20.4 Å². The number of nitrogens with one attached hydrogen (secondary N) is 2. The summed E-state index contributed by atoms with van der Waals surface area (Å²) in [6, 6.07) is 9.90. The molecule has 0 amide bonds. The first kappa shape index (κ1) is 21.8. The largest absolute Gasteiger partial charge is 0.313 e. The molecule has 0 bridgehead atoms. The molecule has 2 aliphatic heterocycles. The molecule has 1 unspecified atom stereocenters. The van der Waals surface area contributed by atoms with Crippen molar-refractivity contribution >= 4 is 0 Å². The molecular weight excluding hydrogens is 344 g/mol. The third-order valence-electron chi connectivity index (χ3n) is 6.45. The highest BCUT2D eigenvalue weighted by molar-refractivity contribution is 5.22. The summed E-state index contributed by atoms with van der Waals surface area (Å²) < 4.78 is 0. The Kier molecular flexibility index (Phi) is 9.78. The number of likely N-dealkylation sites (tertiary alicyclic amines) is 2. The predicted molar refractivity (Wildman–Crippen MR) is 120 cm³/mol. The molecule has 2 heterocycles. The van der Waals surface area contributed by atoms with E-state index in [1.807, 2.05) is 0 Å². The van der Waals surface area contributed by atoms with Crippen LogP contribution in [-0.4, -0.2) is 61.7 Å². The van der Waals surface area contributed by atoms with Crippen LogP contribution in [0.4, 0.5) is 0 Å². The third kappa shape index (κ3) is 7.82. The van der Waals surface area contributed by atoms with Crippen molar-refractivity contribution in [3.8, 4) is 0 Å². The molecule has 1 aromatic rings. The molecule has 0 radical (unpaired) electrons. The minimum absolute atomic E-state index is 0.787. The summed E-state index contributed by atoms with van der Waals surface area (Å²) in [5.41, 5.74) is 2.79. The lowest BCUT2D eigenvalue weighted by Gasteiger charge is -2.33. The van der Waals surface area contributed by atoms with Gasteiger partial charge in [0.1, 0.15) is 0 Å². The lowest BCUT2D eigenvalue weighted by atomic mass is 10.0. The molecule has 158 valence electrons. The van der Waals surface area contributed by atoms with Gasteiger partial charge in [-0.2, -0.15) is 0 Å². The van der Waals surface area contributed by atoms with Crippen molar-refractivity contribution < 1.29 is 0 Å². The molecular formula is C24H42N4. The second-order valence-electron chi connectivity index (χ2n) is 8.81. The topological polar surface area (TPSA) is 30.5 Å². The maximum atomic E-state index is 3.62. The van der Waals surface area contributed by atoms with Gasteiger partial charge in [0.05, 0.1) is 0 Å². The van der Waals surface area contributed by atoms with Crippen LogP contribution in [0.5, 0.6) is 0 Å². The first-order valence-electron chi connectivity index (χ1n) is 11.8. The molecule has 28 heavy (non-hydrogen) atoms. The normalized spacial score (nSPS) is 21.4. The van der Waals surface area contributed by atoms with Crippen molar-refractivity contribution in [3.05, 3.63) is 35.4 Å². The number of hydrogen-bond donors (Lipinski definition) is 2. The van der Waals surface area contributed by atoms with Crippen molar-refractivity contribution in [2.24, 2.45) is 0 Å². The van der Waals surface area contributed by atoms with Gasteiger partial charge in [-0.15, -0.1) is 0 Å². The lowest BCUT2D eigenvalue weighted by Crippen LogP contribution is -2.38. The van der Waals surface area contributed by atoms with E-state index in [9.17, 15) is 0 Å². The van der Waals surface area contributed by atoms with Crippen molar-refractivity contribution in [3.63, 3.8) is 0 Å². The predicted octanol–water partition coefficient (Wildman–Crippen LogP) is 3.62. The SMILES string of the molecule is CC1CCCCN1CCCNCc1ccc(CNCCCN2CCCC2)cc1. The molecule has 0 aliphatic carbocycles. The van der Waals surface area contributed by atoms with Gasteiger partial charge in [0.25, 0.3) is 0 Å². The molecule has 2 N–H and O–H groups in total. The highest BCUT2D eigenvalue weighted by atomic mass is 15.2. The number of hydrogen-bond acceptors (Lipinski definition) is 4. The Balaban J connectivity index is 1.21. The molecule has 0 spiro atoms. The van der Waals surface area contributed by atoms with Crippen LogP contribution in [0.2, 0.25) is 0 Å². The Morgan fingerprint density at radius 1 is 0.786 bits per heavy atom. The smallest absolute Gasteiger partial charge is 0.0205 e. The fourth-order valence-electron chi connectivity index (χ4n) is 4.57. The van der Waals surface area contributed by atoms with Gasteiger partial charge < -0.3 is 20.4 Å². The Bertz CT molecular complexity index is 524. The molecule has 1 aromatic carbocycles. The summed E-state index contributed by atoms with van der Waals surface area (Å²) in [6.07, 6.45) is 9.49. The fourth-order valence-corrected chi connectivity index (χ4v) is 4.57. The molecule has 0 saturated carbocycles. The number of nitrogens with zero attached hydrogens (tertiary/aromatic N) is 2. The maximum absolute atomic E-state index is 3.62. The van der Waals surface area contributed by atoms with Gasteiger partial charge in [0, 0.05) is 19.1 Å². The van der Waals surface area contributed by atoms with Crippen LogP contribution >= 0.6 is 0 Å². The summed E-state index contributed by atoms with van der Waals surface area (Å²) in [6.45, 7) is 13.0. The van der Waals surface area contributed by atoms with Crippen LogP contribution in [0.1, 0.15) is 63.0 Å². The second-order valence-corrected chi connectivity index (χ2v) is 8.81. The minimum Gasteiger partial charge on any atom is -0.313 e. The van der Waals surface area contributed by atoms with Crippen LogP contribution in [0.3, 0.4) is 0 Å². The highest BCUT2D eigenvalue weighted by Crippen LogP contribution is 2.16. The van der Waals surface area contributed by atoms with Crippen molar-refractivity contribution in [2.75, 3.05) is 45.8 Å². The van der Waals surface area contributed by atoms with E-state index in [-0.39, 0.29) is 0 Å². The summed E-state index contributed by atoms with van der Waals surface area (Å²) in [5.74, 6) is 0. The molecule has 0 aromatic heterocycles. The molecule has 2 fully saturated rings. The van der Waals surface area contributed by atoms with E-state index in [2.05, 4.69) is 51.6 Å². The summed E-state index contributed by atoms with van der Waals surface area (Å²) >= 11 is 0. The van der Waals surface area contributed by atoms with Gasteiger partial charge in [-0.1, -0.05) is 30.7 Å². The van der Waals surface area contributed by atoms with E-state index < -0.39 is 0 Å². The van der Waals surface area contributed by atoms with Gasteiger partial charge in [0.15, 0.2) is 0 Å². The van der Waals surface area contributed by atoms with E-state index in [0.717, 1.165) is 32.2 Å². The quantitative estimate of drug-likeness (QED) is 0.537. The van der Waals surface area contributed by atoms with Gasteiger partial charge in [-0.3, -0.25) is 0 Å². The maximum Gasteiger partial charge on any atom is 0.0205 e. The Labute approximate surface area is 173 Å². The zero-order valence-corrected chi connectivity index (χ0v) is 18.1. The molecule has 1 atom stereocenters. The minimum atomic E-state index is 0.787. The first-order chi connectivity index (χ1) is 13.8. The van der Waals surface area contributed by atoms with Crippen LogP contribution in [0.25, 0.3) is 0 Å². The summed E-state index contributed by atoms with van der Waals surface area (Å²) in [7, 11) is 0. The molecule has 4 heteroatoms. The Morgan fingerprint density at radius 3 is 1.96 bits per heavy atom. The summed E-state index contributed by atoms with van der Waals surface area (Å²) in [5, 5.41) is 7.21. The van der Waals surface area contributed by atoms with Crippen LogP contribution in [-0.2, 0) is 13.1 Å². The second kappa shape index (κ2) is 12.6. The molecule has 2 saturated heterocycles. The van der Waals surface area contributed by atoms with Crippen molar-refractivity contribution in [1.29, 1.82) is 0 Å². The zero-order chi connectivity index (χ0) is 19.4. The zero-order valence-electron chi connectivity index (χ0n) is 18.1. The van der Waals surface area contributed by atoms with E-state index >= 15 is 0 Å². The fraction of sp³-hybridized carbons (Fsp3) is 0.750. The average Bonchev–Trinajstić information content (AvgIpc) is 3.23. The third-order valence-corrected chi connectivity index (χ3v) is 6.45. The lowest BCUT2D eigenvalue weighted by molar-refractivity contribution is 0.159. The number of benzene rings is 1. The molecule has 4 nitrogen and oxygen atoms in total. The Morgan fingerprint density at radius 2 is 1.36 bits per heavy atom. The van der Waals surface area contributed by atoms with Crippen molar-refractivity contribution in [2.45, 2.75) is 71.0 Å². The standard InChI is InChI=1S/C24H42N4/c1-22-8-2-3-18-28(22)19-7-14-26-21-24-11-9-23(10-12-24)20-25-13-6-17-27-15-4-5-16-27/h9-12,22,25-26H,2-8,13-21H2,1H3. The van der Waals surface area contributed by atoms with E-state index in [1.54, 1.807) is 0 Å². The Hall–Kier alpha value is -0.940. The van der Waals surface area contributed by atoms with Crippen LogP contribution < -0.4 is 10.6 Å². The van der Waals surface area contributed by atoms with E-state index in [0.29, 0.717) is 0 Å². The van der Waals surface area contributed by atoms with Crippen LogP contribution in [0.15, 0.2) is 24.3 Å². The van der Waals surface area contributed by atoms with E-state index in [4.69, 9.17) is 0 Å². The molecule has 3 rings (SSSR count). The number of piperidine rings is 1. The van der Waals surface area contributed by atoms with Gasteiger partial charge in [-0.25, -0.2) is 0 Å². The van der Waals surface area contributed by atoms with E-state index in [1.165, 1.54) is 88.8 Å². The monoisotopic (exact) mass is 386 g/mol. The molecule has 2 aliphatic rings. The van der Waals surface area contributed by atoms with Gasteiger partial charge in [-0.05, 0) is 102 Å². The van der Waals surface area contributed by atoms with Gasteiger partial charge >= 0.3 is 0 Å². The average molecular weight is 387 g/mol. The number of rotatable bonds is 12. The first-order valence-corrected chi connectivity index (χ1v) is 11.8. The summed E-state index contributed by atoms with van der Waals surface area (Å²) in [4.78, 5) is 5.26. The van der Waals surface area contributed by atoms with Gasteiger partial charge in [0.2, 0.25) is 0 Å².